The van der Waals surface area contributed by atoms with Gasteiger partial charge >= 0.3 is 0 Å². The van der Waals surface area contributed by atoms with Gasteiger partial charge in [-0.25, -0.2) is 0 Å². The molecule has 1 aromatic carbocycles. The van der Waals surface area contributed by atoms with Crippen LogP contribution >= 0.6 is 0 Å². The summed E-state index contributed by atoms with van der Waals surface area (Å²) in [5, 5.41) is 9.92. The van der Waals surface area contributed by atoms with Crippen molar-refractivity contribution in [3.05, 3.63) is 23.8 Å². The van der Waals surface area contributed by atoms with Gasteiger partial charge in [-0.05, 0) is 38.6 Å². The summed E-state index contributed by atoms with van der Waals surface area (Å²) in [4.78, 5) is 18.0. The maximum Gasteiger partial charge on any atom is 0.260 e. The molecule has 1 N–H and O–H groups in total. The van der Waals surface area contributed by atoms with Crippen molar-refractivity contribution in [2.45, 2.75) is 25.0 Å². The maximum atomic E-state index is 11.8. The summed E-state index contributed by atoms with van der Waals surface area (Å²) in [6.07, 6.45) is 1.40. The van der Waals surface area contributed by atoms with Crippen LogP contribution in [0.3, 0.4) is 0 Å². The predicted molar refractivity (Wildman–Crippen MR) is 83.7 cm³/mol. The first kappa shape index (κ1) is 14.4. The first-order valence-electron chi connectivity index (χ1n) is 7.50. The first-order valence-corrected chi connectivity index (χ1v) is 7.50. The molecule has 2 unspecified atom stereocenters. The van der Waals surface area contributed by atoms with Gasteiger partial charge in [0.2, 0.25) is 0 Å². The Bertz CT molecular complexity index is 560. The predicted octanol–water partition coefficient (Wildman–Crippen LogP) is 1.23. The lowest BCUT2D eigenvalue weighted by Crippen LogP contribution is -2.45. The molecule has 1 fully saturated rings. The lowest BCUT2D eigenvalue weighted by Gasteiger charge is -2.37. The first-order chi connectivity index (χ1) is 9.99. The average molecular weight is 289 g/mol. The van der Waals surface area contributed by atoms with E-state index in [0.717, 1.165) is 24.5 Å². The summed E-state index contributed by atoms with van der Waals surface area (Å²) < 4.78 is 0. The lowest BCUT2D eigenvalue weighted by atomic mass is 10.0. The number of hydrogen-bond donors (Lipinski definition) is 1. The van der Waals surface area contributed by atoms with Crippen LogP contribution in [0.1, 0.15) is 24.5 Å². The van der Waals surface area contributed by atoms with Crippen LogP contribution in [0.4, 0.5) is 11.4 Å². The molecule has 5 nitrogen and oxygen atoms in total. The second kappa shape index (κ2) is 5.31. The molecular formula is C16H23N3O2. The summed E-state index contributed by atoms with van der Waals surface area (Å²) in [7, 11) is 5.99. The summed E-state index contributed by atoms with van der Waals surface area (Å²) in [6, 6.07) is 6.38. The zero-order valence-electron chi connectivity index (χ0n) is 12.9. The highest BCUT2D eigenvalue weighted by molar-refractivity contribution is 6.03. The minimum Gasteiger partial charge on any atom is -0.378 e. The number of likely N-dealkylation sites (tertiary alicyclic amines) is 1. The molecule has 2 aliphatic rings. The van der Waals surface area contributed by atoms with Gasteiger partial charge in [-0.1, -0.05) is 6.07 Å². The number of carbonyl (C=O) groups excluding carboxylic acids is 1. The van der Waals surface area contributed by atoms with Gasteiger partial charge in [-0.2, -0.15) is 0 Å². The molecule has 0 saturated carbocycles. The van der Waals surface area contributed by atoms with Crippen LogP contribution in [0.25, 0.3) is 0 Å². The van der Waals surface area contributed by atoms with E-state index in [-0.39, 0.29) is 5.91 Å². The van der Waals surface area contributed by atoms with Crippen molar-refractivity contribution in [2.24, 2.45) is 0 Å². The molecule has 0 bridgehead atoms. The molecule has 0 radical (unpaired) electrons. The van der Waals surface area contributed by atoms with Crippen molar-refractivity contribution < 1.29 is 9.90 Å². The fourth-order valence-corrected chi connectivity index (χ4v) is 3.37. The van der Waals surface area contributed by atoms with Crippen LogP contribution in [-0.4, -0.2) is 56.2 Å². The number of hydrogen-bond acceptors (Lipinski definition) is 4. The van der Waals surface area contributed by atoms with Gasteiger partial charge in [0.15, 0.2) is 6.10 Å². The van der Waals surface area contributed by atoms with E-state index in [4.69, 9.17) is 0 Å². The largest absolute Gasteiger partial charge is 0.378 e. The Morgan fingerprint density at radius 3 is 2.81 bits per heavy atom. The van der Waals surface area contributed by atoms with Crippen molar-refractivity contribution in [3.8, 4) is 0 Å². The van der Waals surface area contributed by atoms with Gasteiger partial charge < -0.3 is 19.8 Å². The molecular weight excluding hydrogens is 266 g/mol. The average Bonchev–Trinajstić information content (AvgIpc) is 2.71. The number of aliphatic hydroxyl groups excluding tert-OH is 1. The Balaban J connectivity index is 1.86. The molecule has 1 saturated heterocycles. The summed E-state index contributed by atoms with van der Waals surface area (Å²) in [5.41, 5.74) is 2.63. The highest BCUT2D eigenvalue weighted by Gasteiger charge is 2.34. The number of likely N-dealkylation sites (N-methyl/N-ethyl adjacent to an activating group) is 3. The number of rotatable bonds is 2. The van der Waals surface area contributed by atoms with Gasteiger partial charge in [0.25, 0.3) is 5.91 Å². The molecule has 2 aliphatic heterocycles. The van der Waals surface area contributed by atoms with Crippen LogP contribution in [0.2, 0.25) is 0 Å². The van der Waals surface area contributed by atoms with Crippen molar-refractivity contribution in [1.29, 1.82) is 0 Å². The number of carbonyl (C=O) groups is 1. The maximum absolute atomic E-state index is 11.8. The van der Waals surface area contributed by atoms with Crippen LogP contribution in [0.15, 0.2) is 18.2 Å². The van der Waals surface area contributed by atoms with Crippen molar-refractivity contribution >= 4 is 17.3 Å². The number of amides is 1. The molecule has 3 rings (SSSR count). The Hall–Kier alpha value is -1.59. The Kier molecular flexibility index (Phi) is 3.63. The smallest absolute Gasteiger partial charge is 0.260 e. The summed E-state index contributed by atoms with van der Waals surface area (Å²) in [6.45, 7) is 2.23. The molecule has 2 heterocycles. The standard InChI is InChI=1S/C16H23N3O2/c1-17-8-4-5-12(10-17)18(2)11-6-7-13-14(9-11)19(3)16(21)15(13)20/h6-7,9,12,15,20H,4-5,8,10H2,1-3H3. The SMILES string of the molecule is CN1CCCC(N(C)c2ccc3c(c2)N(C)C(=O)C3O)C1. The van der Waals surface area contributed by atoms with E-state index < -0.39 is 6.10 Å². The van der Waals surface area contributed by atoms with Gasteiger partial charge in [0.05, 0.1) is 5.69 Å². The zero-order chi connectivity index (χ0) is 15.1. The minimum atomic E-state index is -1.01. The quantitative estimate of drug-likeness (QED) is 0.889. The number of piperidine rings is 1. The van der Waals surface area contributed by atoms with E-state index in [1.807, 2.05) is 18.2 Å². The van der Waals surface area contributed by atoms with E-state index in [2.05, 4.69) is 23.9 Å². The van der Waals surface area contributed by atoms with E-state index in [1.165, 1.54) is 12.8 Å². The van der Waals surface area contributed by atoms with Crippen LogP contribution in [0.5, 0.6) is 0 Å². The highest BCUT2D eigenvalue weighted by Crippen LogP contribution is 2.37. The lowest BCUT2D eigenvalue weighted by molar-refractivity contribution is -0.125. The van der Waals surface area contributed by atoms with Gasteiger partial charge in [0, 0.05) is 37.9 Å². The van der Waals surface area contributed by atoms with Crippen LogP contribution in [-0.2, 0) is 4.79 Å². The number of fused-ring (bicyclic) bond motifs is 1. The molecule has 2 atom stereocenters. The third kappa shape index (κ3) is 2.40. The Labute approximate surface area is 125 Å². The fourth-order valence-electron chi connectivity index (χ4n) is 3.37. The van der Waals surface area contributed by atoms with Crippen LogP contribution < -0.4 is 9.80 Å². The number of anilines is 2. The Morgan fingerprint density at radius 2 is 2.10 bits per heavy atom. The molecule has 0 aromatic heterocycles. The molecule has 0 spiro atoms. The molecule has 1 amide bonds. The molecule has 0 aliphatic carbocycles. The molecule has 5 heteroatoms. The number of nitrogens with zero attached hydrogens (tertiary/aromatic N) is 3. The van der Waals surface area contributed by atoms with E-state index in [9.17, 15) is 9.90 Å². The Morgan fingerprint density at radius 1 is 1.33 bits per heavy atom. The highest BCUT2D eigenvalue weighted by atomic mass is 16.3. The second-order valence-corrected chi connectivity index (χ2v) is 6.21. The van der Waals surface area contributed by atoms with Crippen molar-refractivity contribution in [1.82, 2.24) is 4.90 Å². The second-order valence-electron chi connectivity index (χ2n) is 6.21. The van der Waals surface area contributed by atoms with Crippen molar-refractivity contribution in [3.63, 3.8) is 0 Å². The van der Waals surface area contributed by atoms with Gasteiger partial charge in [-0.15, -0.1) is 0 Å². The van der Waals surface area contributed by atoms with Crippen LogP contribution in [0, 0.1) is 0 Å². The molecule has 114 valence electrons. The van der Waals surface area contributed by atoms with E-state index in [0.29, 0.717) is 11.6 Å². The zero-order valence-corrected chi connectivity index (χ0v) is 12.9. The minimum absolute atomic E-state index is 0.248. The molecule has 1 aromatic rings. The monoisotopic (exact) mass is 289 g/mol. The topological polar surface area (TPSA) is 47.0 Å². The normalized spacial score (nSPS) is 26.1. The number of aliphatic hydroxyl groups is 1. The molecule has 21 heavy (non-hydrogen) atoms. The van der Waals surface area contributed by atoms with Gasteiger partial charge in [0.1, 0.15) is 0 Å². The third-order valence-electron chi connectivity index (χ3n) is 4.79. The summed E-state index contributed by atoms with van der Waals surface area (Å²) in [5.74, 6) is -0.248. The fraction of sp³-hybridized carbons (Fsp3) is 0.562. The van der Waals surface area contributed by atoms with Crippen molar-refractivity contribution in [2.75, 3.05) is 44.0 Å². The van der Waals surface area contributed by atoms with E-state index >= 15 is 0 Å². The number of benzene rings is 1. The van der Waals surface area contributed by atoms with E-state index in [1.54, 1.807) is 11.9 Å². The summed E-state index contributed by atoms with van der Waals surface area (Å²) >= 11 is 0. The third-order valence-corrected chi connectivity index (χ3v) is 4.79. The van der Waals surface area contributed by atoms with Gasteiger partial charge in [-0.3, -0.25) is 4.79 Å².